The van der Waals surface area contributed by atoms with Crippen molar-refractivity contribution in [1.29, 1.82) is 0 Å². The number of aliphatic carboxylic acids is 1. The van der Waals surface area contributed by atoms with Crippen LogP contribution in [0.1, 0.15) is 37.3 Å². The Morgan fingerprint density at radius 1 is 1.14 bits per heavy atom. The summed E-state index contributed by atoms with van der Waals surface area (Å²) in [6.45, 7) is 4.43. The van der Waals surface area contributed by atoms with E-state index in [9.17, 15) is 28.0 Å². The minimum atomic E-state index is -5.08. The normalized spacial score (nSPS) is 19.8. The van der Waals surface area contributed by atoms with Gasteiger partial charge in [0, 0.05) is 23.7 Å². The number of likely N-dealkylation sites (tertiary alicyclic amines) is 1. The van der Waals surface area contributed by atoms with E-state index in [1.54, 1.807) is 16.6 Å². The smallest absolute Gasteiger partial charge is 0.489 e. The summed E-state index contributed by atoms with van der Waals surface area (Å²) in [5, 5.41) is 20.9. The largest absolute Gasteiger partial charge is 0.490 e. The van der Waals surface area contributed by atoms with E-state index >= 15 is 0 Å². The number of amides is 2. The summed E-state index contributed by atoms with van der Waals surface area (Å²) in [6.07, 6.45) is -1.11. The summed E-state index contributed by atoms with van der Waals surface area (Å²) in [7, 11) is 0. The summed E-state index contributed by atoms with van der Waals surface area (Å²) >= 11 is 0. The fraction of sp³-hybridized carbons (Fsp3) is 0.400. The third kappa shape index (κ3) is 7.23. The highest BCUT2D eigenvalue weighted by Gasteiger charge is 2.49. The van der Waals surface area contributed by atoms with Crippen molar-refractivity contribution in [3.8, 4) is 5.75 Å². The summed E-state index contributed by atoms with van der Waals surface area (Å²) in [6, 6.07) is 16.9. The number of benzene rings is 2. The minimum absolute atomic E-state index is 0.0183. The molecule has 43 heavy (non-hydrogen) atoms. The van der Waals surface area contributed by atoms with Crippen LogP contribution in [0.15, 0.2) is 60.8 Å². The van der Waals surface area contributed by atoms with Crippen molar-refractivity contribution in [3.05, 3.63) is 71.9 Å². The lowest BCUT2D eigenvalue weighted by Crippen LogP contribution is -2.54. The number of alkyl halides is 3. The van der Waals surface area contributed by atoms with Gasteiger partial charge in [0.25, 0.3) is 5.91 Å². The number of nitrogens with one attached hydrogen (secondary N) is 2. The molecule has 230 valence electrons. The van der Waals surface area contributed by atoms with Crippen LogP contribution < -0.4 is 15.5 Å². The number of para-hydroxylation sites is 1. The van der Waals surface area contributed by atoms with E-state index < -0.39 is 29.5 Å². The van der Waals surface area contributed by atoms with Gasteiger partial charge >= 0.3 is 12.1 Å². The first kappa shape index (κ1) is 31.7. The van der Waals surface area contributed by atoms with Gasteiger partial charge in [-0.3, -0.25) is 19.8 Å². The maximum absolute atomic E-state index is 13.7. The number of ether oxygens (including phenoxy) is 1. The number of hydroxylamine groups is 1. The van der Waals surface area contributed by atoms with Crippen LogP contribution in [0.3, 0.4) is 0 Å². The number of piperidine rings is 1. The van der Waals surface area contributed by atoms with Crippen LogP contribution in [0, 0.1) is 5.92 Å². The van der Waals surface area contributed by atoms with E-state index in [0.717, 1.165) is 53.7 Å². The molecule has 2 unspecified atom stereocenters. The topological polar surface area (TPSA) is 141 Å². The van der Waals surface area contributed by atoms with Crippen LogP contribution in [0.4, 0.5) is 13.2 Å². The van der Waals surface area contributed by atoms with Gasteiger partial charge < -0.3 is 20.1 Å². The van der Waals surface area contributed by atoms with Crippen LogP contribution in [0.25, 0.3) is 10.9 Å². The Kier molecular flexibility index (Phi) is 9.87. The van der Waals surface area contributed by atoms with Gasteiger partial charge in [0.05, 0.1) is 10.9 Å². The summed E-state index contributed by atoms with van der Waals surface area (Å²) in [4.78, 5) is 41.2. The zero-order chi connectivity index (χ0) is 31.2. The van der Waals surface area contributed by atoms with Crippen LogP contribution in [-0.2, 0) is 26.4 Å². The zero-order valence-corrected chi connectivity index (χ0v) is 23.4. The monoisotopic (exact) mass is 602 g/mol. The molecule has 13 heteroatoms. The van der Waals surface area contributed by atoms with Crippen LogP contribution in [-0.4, -0.2) is 69.8 Å². The Hall–Kier alpha value is -4.23. The Labute approximate surface area is 245 Å². The zero-order valence-electron chi connectivity index (χ0n) is 23.4. The molecule has 2 aliphatic rings. The highest BCUT2D eigenvalue weighted by molar-refractivity contribution is 5.94. The van der Waals surface area contributed by atoms with Crippen molar-refractivity contribution in [2.75, 3.05) is 19.6 Å². The van der Waals surface area contributed by atoms with Crippen LogP contribution in [0.2, 0.25) is 0 Å². The maximum Gasteiger partial charge on any atom is 0.490 e. The van der Waals surface area contributed by atoms with Crippen LogP contribution in [0.5, 0.6) is 5.75 Å². The lowest BCUT2D eigenvalue weighted by Gasteiger charge is -2.36. The average molecular weight is 603 g/mol. The molecule has 2 atom stereocenters. The number of hydrogen-bond donors (Lipinski definition) is 4. The summed E-state index contributed by atoms with van der Waals surface area (Å²) in [5.74, 6) is -2.60. The molecule has 0 spiro atoms. The van der Waals surface area contributed by atoms with E-state index in [1.807, 2.05) is 61.5 Å². The number of nitrogens with zero attached hydrogens (tertiary/aromatic N) is 2. The molecular weight excluding hydrogens is 569 g/mol. The Morgan fingerprint density at radius 3 is 2.42 bits per heavy atom. The van der Waals surface area contributed by atoms with E-state index in [2.05, 4.69) is 10.3 Å². The lowest BCUT2D eigenvalue weighted by atomic mass is 9.81. The molecule has 3 aromatic rings. The van der Waals surface area contributed by atoms with E-state index in [0.29, 0.717) is 19.6 Å². The second kappa shape index (κ2) is 13.4. The van der Waals surface area contributed by atoms with Gasteiger partial charge in [-0.15, -0.1) is 0 Å². The van der Waals surface area contributed by atoms with Gasteiger partial charge in [0.2, 0.25) is 5.91 Å². The maximum atomic E-state index is 13.7. The van der Waals surface area contributed by atoms with Crippen molar-refractivity contribution in [2.45, 2.75) is 50.4 Å². The Morgan fingerprint density at radius 2 is 1.79 bits per heavy atom. The number of carboxylic acid groups (broad SMARTS) is 1. The van der Waals surface area contributed by atoms with Crippen molar-refractivity contribution in [3.63, 3.8) is 0 Å². The Balaban J connectivity index is 0.000000541. The number of rotatable bonds is 7. The molecule has 0 radical (unpaired) electrons. The van der Waals surface area contributed by atoms with E-state index in [1.165, 1.54) is 0 Å². The number of halogens is 3. The third-order valence-corrected chi connectivity index (χ3v) is 8.00. The molecule has 3 heterocycles. The molecule has 1 aromatic heterocycles. The number of fused-ring (bicyclic) bond motifs is 1. The number of aromatic nitrogens is 1. The fourth-order valence-electron chi connectivity index (χ4n) is 5.60. The molecule has 2 saturated heterocycles. The van der Waals surface area contributed by atoms with Gasteiger partial charge in [-0.05, 0) is 75.0 Å². The second-order valence-electron chi connectivity index (χ2n) is 10.7. The molecule has 2 amide bonds. The fourth-order valence-corrected chi connectivity index (χ4v) is 5.60. The lowest BCUT2D eigenvalue weighted by molar-refractivity contribution is -0.192. The second-order valence-corrected chi connectivity index (χ2v) is 10.7. The standard InChI is InChI=1S/C28H32N4O4.C2HF3O2/c1-28(13-17-32(27(28)34)25(26(33)31-35)19-10-14-29-15-11-19)21-6-8-22(9-7-21)36-18-20-12-16-30-24-5-3-2-4-23(20)24;3-2(4,5)1(6)7/h2-9,12,16,19,25,29,35H,10-11,13-15,17-18H2,1H3,(H,31,33);(H,6,7). The van der Waals surface area contributed by atoms with Gasteiger partial charge in [-0.2, -0.15) is 13.2 Å². The predicted octanol–water partition coefficient (Wildman–Crippen LogP) is 3.81. The van der Waals surface area contributed by atoms with E-state index in [4.69, 9.17) is 14.6 Å². The van der Waals surface area contributed by atoms with E-state index in [-0.39, 0.29) is 11.8 Å². The molecule has 10 nitrogen and oxygen atoms in total. The first-order chi connectivity index (χ1) is 20.5. The van der Waals surface area contributed by atoms with Gasteiger partial charge in [0.15, 0.2) is 0 Å². The Bertz CT molecular complexity index is 1440. The predicted molar refractivity (Wildman–Crippen MR) is 149 cm³/mol. The number of carboxylic acids is 1. The van der Waals surface area contributed by atoms with Gasteiger partial charge in [-0.25, -0.2) is 10.3 Å². The molecule has 2 fully saturated rings. The number of pyridine rings is 1. The SMILES string of the molecule is CC1(c2ccc(OCc3ccnc4ccccc34)cc2)CCN(C(C(=O)NO)C2CCNCC2)C1=O.O=C(O)C(F)(F)F. The number of carbonyl (C=O) groups is 3. The van der Waals surface area contributed by atoms with Crippen molar-refractivity contribution in [2.24, 2.45) is 5.92 Å². The molecule has 0 aliphatic carbocycles. The van der Waals surface area contributed by atoms with Crippen molar-refractivity contribution < 1.29 is 42.6 Å². The number of hydrogen-bond acceptors (Lipinski definition) is 7. The average Bonchev–Trinajstić information content (AvgIpc) is 3.31. The van der Waals surface area contributed by atoms with Crippen molar-refractivity contribution >= 4 is 28.7 Å². The molecule has 4 N–H and O–H groups in total. The molecular formula is C30H33F3N4O6. The molecule has 0 saturated carbocycles. The van der Waals surface area contributed by atoms with Gasteiger partial charge in [-0.1, -0.05) is 30.3 Å². The number of carbonyl (C=O) groups excluding carboxylic acids is 2. The summed E-state index contributed by atoms with van der Waals surface area (Å²) < 4.78 is 37.8. The third-order valence-electron chi connectivity index (χ3n) is 8.00. The van der Waals surface area contributed by atoms with Gasteiger partial charge in [0.1, 0.15) is 18.4 Å². The highest BCUT2D eigenvalue weighted by Crippen LogP contribution is 2.39. The van der Waals surface area contributed by atoms with Crippen LogP contribution >= 0.6 is 0 Å². The molecule has 0 bridgehead atoms. The highest BCUT2D eigenvalue weighted by atomic mass is 19.4. The first-order valence-electron chi connectivity index (χ1n) is 13.8. The molecule has 5 rings (SSSR count). The molecule has 2 aliphatic heterocycles. The first-order valence-corrected chi connectivity index (χ1v) is 13.8. The molecule has 2 aromatic carbocycles. The van der Waals surface area contributed by atoms with Crippen molar-refractivity contribution in [1.82, 2.24) is 20.7 Å². The quantitative estimate of drug-likeness (QED) is 0.236. The summed E-state index contributed by atoms with van der Waals surface area (Å²) in [5.41, 5.74) is 3.95. The minimum Gasteiger partial charge on any atom is -0.489 e.